The molecule has 0 amide bonds. The summed E-state index contributed by atoms with van der Waals surface area (Å²) in [7, 11) is 0. The lowest BCUT2D eigenvalue weighted by molar-refractivity contribution is 0.952. The van der Waals surface area contributed by atoms with E-state index in [4.69, 9.17) is 0 Å². The third-order valence-electron chi connectivity index (χ3n) is 2.47. The van der Waals surface area contributed by atoms with E-state index in [-0.39, 0.29) is 0 Å². The Morgan fingerprint density at radius 2 is 1.95 bits per heavy atom. The second-order valence-corrected chi connectivity index (χ2v) is 6.72. The van der Waals surface area contributed by atoms with Gasteiger partial charge in [-0.3, -0.25) is 0 Å². The van der Waals surface area contributed by atoms with Crippen LogP contribution in [0.1, 0.15) is 24.0 Å². The molecule has 2 N–H and O–H groups in total. The number of aryl methyl sites for hydroxylation is 1. The molecule has 0 aliphatic heterocycles. The Balaban J connectivity index is 2.01. The number of hydrogen-bond donors (Lipinski definition) is 2. The van der Waals surface area contributed by atoms with E-state index >= 15 is 0 Å². The fourth-order valence-electron chi connectivity index (χ4n) is 1.63. The molecular weight excluding hydrogens is 324 g/mol. The van der Waals surface area contributed by atoms with E-state index in [0.29, 0.717) is 0 Å². The van der Waals surface area contributed by atoms with Crippen LogP contribution in [0, 0.1) is 6.92 Å². The van der Waals surface area contributed by atoms with Gasteiger partial charge in [0.2, 0.25) is 0 Å². The van der Waals surface area contributed by atoms with Gasteiger partial charge in [0.05, 0.1) is 10.3 Å². The highest BCUT2D eigenvalue weighted by Gasteiger charge is 2.02. The molecule has 0 radical (unpaired) electrons. The standard InChI is InChI=1S/C13H17BrN4S/c1-3-6-15-12-7-13(18-9(2)17-12)16-8-10-4-5-11(14)19-10/h4-5,7H,3,6,8H2,1-2H3,(H2,15,16,17,18). The molecule has 0 spiro atoms. The smallest absolute Gasteiger partial charge is 0.132 e. The first-order valence-electron chi connectivity index (χ1n) is 6.25. The van der Waals surface area contributed by atoms with Crippen molar-refractivity contribution in [3.05, 3.63) is 32.7 Å². The van der Waals surface area contributed by atoms with Crippen LogP contribution in [-0.2, 0) is 6.54 Å². The van der Waals surface area contributed by atoms with Gasteiger partial charge in [-0.25, -0.2) is 9.97 Å². The number of nitrogens with one attached hydrogen (secondary N) is 2. The highest BCUT2D eigenvalue weighted by molar-refractivity contribution is 9.11. The summed E-state index contributed by atoms with van der Waals surface area (Å²) in [6.07, 6.45) is 1.08. The summed E-state index contributed by atoms with van der Waals surface area (Å²) in [5, 5.41) is 6.61. The van der Waals surface area contributed by atoms with Gasteiger partial charge in [-0.05, 0) is 41.4 Å². The summed E-state index contributed by atoms with van der Waals surface area (Å²) < 4.78 is 1.15. The Morgan fingerprint density at radius 1 is 1.21 bits per heavy atom. The molecule has 0 unspecified atom stereocenters. The number of hydrogen-bond acceptors (Lipinski definition) is 5. The molecule has 2 rings (SSSR count). The quantitative estimate of drug-likeness (QED) is 0.832. The van der Waals surface area contributed by atoms with Gasteiger partial charge in [0.25, 0.3) is 0 Å². The van der Waals surface area contributed by atoms with Crippen LogP contribution in [0.4, 0.5) is 11.6 Å². The van der Waals surface area contributed by atoms with Crippen molar-refractivity contribution in [3.8, 4) is 0 Å². The fourth-order valence-corrected chi connectivity index (χ4v) is 3.05. The minimum Gasteiger partial charge on any atom is -0.370 e. The minimum absolute atomic E-state index is 0.774. The zero-order valence-corrected chi connectivity index (χ0v) is 13.4. The van der Waals surface area contributed by atoms with Crippen molar-refractivity contribution in [3.63, 3.8) is 0 Å². The Bertz CT molecular complexity index is 541. The lowest BCUT2D eigenvalue weighted by Gasteiger charge is -2.09. The van der Waals surface area contributed by atoms with Crippen LogP contribution in [0.5, 0.6) is 0 Å². The van der Waals surface area contributed by atoms with Gasteiger partial charge in [0.1, 0.15) is 17.5 Å². The Labute approximate surface area is 125 Å². The normalized spacial score (nSPS) is 10.5. The predicted octanol–water partition coefficient (Wildman–Crippen LogP) is 4.04. The molecule has 0 fully saturated rings. The predicted molar refractivity (Wildman–Crippen MR) is 84.9 cm³/mol. The molecule has 2 aromatic rings. The number of rotatable bonds is 6. The fraction of sp³-hybridized carbons (Fsp3) is 0.385. The van der Waals surface area contributed by atoms with Crippen molar-refractivity contribution in [2.75, 3.05) is 17.2 Å². The van der Waals surface area contributed by atoms with Crippen LogP contribution in [0.3, 0.4) is 0 Å². The van der Waals surface area contributed by atoms with Crippen molar-refractivity contribution in [2.45, 2.75) is 26.8 Å². The van der Waals surface area contributed by atoms with E-state index in [9.17, 15) is 0 Å². The third kappa shape index (κ3) is 4.47. The summed E-state index contributed by atoms with van der Waals surface area (Å²) in [5.74, 6) is 2.51. The molecule has 2 aromatic heterocycles. The Morgan fingerprint density at radius 3 is 2.58 bits per heavy atom. The van der Waals surface area contributed by atoms with Gasteiger partial charge in [-0.2, -0.15) is 0 Å². The van der Waals surface area contributed by atoms with E-state index in [0.717, 1.165) is 40.8 Å². The van der Waals surface area contributed by atoms with Gasteiger partial charge in [0, 0.05) is 17.5 Å². The second-order valence-electron chi connectivity index (χ2n) is 4.17. The molecule has 19 heavy (non-hydrogen) atoms. The highest BCUT2D eigenvalue weighted by atomic mass is 79.9. The second kappa shape index (κ2) is 6.86. The van der Waals surface area contributed by atoms with Crippen LogP contribution >= 0.6 is 27.3 Å². The maximum Gasteiger partial charge on any atom is 0.132 e. The van der Waals surface area contributed by atoms with E-state index in [1.807, 2.05) is 13.0 Å². The molecule has 2 heterocycles. The molecular formula is C13H17BrN4S. The average molecular weight is 341 g/mol. The maximum atomic E-state index is 4.39. The molecule has 0 aliphatic carbocycles. The van der Waals surface area contributed by atoms with Crippen molar-refractivity contribution in [2.24, 2.45) is 0 Å². The first kappa shape index (κ1) is 14.3. The first-order chi connectivity index (χ1) is 9.17. The summed E-state index contributed by atoms with van der Waals surface area (Å²) >= 11 is 5.19. The number of nitrogens with zero attached hydrogens (tertiary/aromatic N) is 2. The molecule has 0 aromatic carbocycles. The average Bonchev–Trinajstić information content (AvgIpc) is 2.79. The molecule has 0 aliphatic rings. The highest BCUT2D eigenvalue weighted by Crippen LogP contribution is 2.23. The zero-order valence-electron chi connectivity index (χ0n) is 11.0. The van der Waals surface area contributed by atoms with Crippen LogP contribution in [0.25, 0.3) is 0 Å². The lowest BCUT2D eigenvalue weighted by atomic mass is 10.4. The molecule has 0 atom stereocenters. The number of thiophene rings is 1. The first-order valence-corrected chi connectivity index (χ1v) is 7.86. The summed E-state index contributed by atoms with van der Waals surface area (Å²) in [6, 6.07) is 6.11. The molecule has 0 saturated carbocycles. The van der Waals surface area contributed by atoms with E-state index in [1.54, 1.807) is 11.3 Å². The molecule has 0 saturated heterocycles. The zero-order chi connectivity index (χ0) is 13.7. The van der Waals surface area contributed by atoms with Crippen LogP contribution < -0.4 is 10.6 Å². The van der Waals surface area contributed by atoms with Crippen molar-refractivity contribution in [1.29, 1.82) is 0 Å². The largest absolute Gasteiger partial charge is 0.370 e. The lowest BCUT2D eigenvalue weighted by Crippen LogP contribution is -2.07. The van der Waals surface area contributed by atoms with Crippen molar-refractivity contribution in [1.82, 2.24) is 9.97 Å². The van der Waals surface area contributed by atoms with Gasteiger partial charge >= 0.3 is 0 Å². The van der Waals surface area contributed by atoms with E-state index in [2.05, 4.69) is 55.6 Å². The Kier molecular flexibility index (Phi) is 5.15. The maximum absolute atomic E-state index is 4.39. The molecule has 0 bridgehead atoms. The number of halogens is 1. The van der Waals surface area contributed by atoms with Crippen molar-refractivity contribution < 1.29 is 0 Å². The molecule has 6 heteroatoms. The van der Waals surface area contributed by atoms with Crippen LogP contribution in [0.2, 0.25) is 0 Å². The number of aromatic nitrogens is 2. The third-order valence-corrected chi connectivity index (χ3v) is 4.09. The van der Waals surface area contributed by atoms with E-state index in [1.165, 1.54) is 4.88 Å². The molecule has 4 nitrogen and oxygen atoms in total. The Hall–Kier alpha value is -1.14. The number of anilines is 2. The summed E-state index contributed by atoms with van der Waals surface area (Å²) in [6.45, 7) is 5.74. The monoisotopic (exact) mass is 340 g/mol. The van der Waals surface area contributed by atoms with Gasteiger partial charge in [-0.15, -0.1) is 11.3 Å². The van der Waals surface area contributed by atoms with Gasteiger partial charge in [-0.1, -0.05) is 6.92 Å². The van der Waals surface area contributed by atoms with Gasteiger partial charge < -0.3 is 10.6 Å². The van der Waals surface area contributed by atoms with E-state index < -0.39 is 0 Å². The molecule has 102 valence electrons. The van der Waals surface area contributed by atoms with Crippen molar-refractivity contribution >= 4 is 38.9 Å². The van der Waals surface area contributed by atoms with Crippen LogP contribution in [0.15, 0.2) is 22.0 Å². The summed E-state index contributed by atoms with van der Waals surface area (Å²) in [4.78, 5) is 10.0. The van der Waals surface area contributed by atoms with Gasteiger partial charge in [0.15, 0.2) is 0 Å². The SMILES string of the molecule is CCCNc1cc(NCc2ccc(Br)s2)nc(C)n1. The summed E-state index contributed by atoms with van der Waals surface area (Å²) in [5.41, 5.74) is 0. The van der Waals surface area contributed by atoms with Crippen LogP contribution in [-0.4, -0.2) is 16.5 Å². The topological polar surface area (TPSA) is 49.8 Å². The minimum atomic E-state index is 0.774.